The number of nitrogens with one attached hydrogen (secondary N) is 1. The molecule has 0 radical (unpaired) electrons. The van der Waals surface area contributed by atoms with Crippen molar-refractivity contribution < 1.29 is 27.4 Å². The van der Waals surface area contributed by atoms with Gasteiger partial charge in [0.15, 0.2) is 11.5 Å². The van der Waals surface area contributed by atoms with Crippen LogP contribution in [0.3, 0.4) is 0 Å². The van der Waals surface area contributed by atoms with Gasteiger partial charge < -0.3 is 14.8 Å². The van der Waals surface area contributed by atoms with E-state index in [4.69, 9.17) is 21.1 Å². The summed E-state index contributed by atoms with van der Waals surface area (Å²) in [7, 11) is 0. The summed E-state index contributed by atoms with van der Waals surface area (Å²) in [5.41, 5.74) is -0.283. The summed E-state index contributed by atoms with van der Waals surface area (Å²) in [4.78, 5) is 12.0. The van der Waals surface area contributed by atoms with Crippen LogP contribution in [0.4, 0.5) is 13.2 Å². The molecule has 2 aromatic carbocycles. The number of rotatable bonds is 5. The molecule has 0 saturated carbocycles. The maximum absolute atomic E-state index is 13.3. The minimum Gasteiger partial charge on any atom is -0.486 e. The Morgan fingerprint density at radius 3 is 2.57 bits per heavy atom. The molecule has 0 aliphatic carbocycles. The van der Waals surface area contributed by atoms with E-state index in [1.807, 2.05) is 0 Å². The fourth-order valence-corrected chi connectivity index (χ4v) is 3.06. The number of benzene rings is 2. The summed E-state index contributed by atoms with van der Waals surface area (Å²) in [6, 6.07) is 10.6. The second-order valence-electron chi connectivity index (χ2n) is 6.06. The van der Waals surface area contributed by atoms with Crippen LogP contribution in [0.2, 0.25) is 5.02 Å². The van der Waals surface area contributed by atoms with Gasteiger partial charge in [0.2, 0.25) is 5.91 Å². The van der Waals surface area contributed by atoms with Crippen molar-refractivity contribution >= 4 is 23.1 Å². The first-order valence-corrected chi connectivity index (χ1v) is 8.92. The molecule has 8 heteroatoms. The van der Waals surface area contributed by atoms with Gasteiger partial charge in [0.1, 0.15) is 13.2 Å². The number of carbonyl (C=O) groups is 1. The van der Waals surface area contributed by atoms with Crippen molar-refractivity contribution in [3.63, 3.8) is 0 Å². The number of hydrogen-bond acceptors (Lipinski definition) is 3. The Morgan fingerprint density at radius 2 is 1.86 bits per heavy atom. The Bertz CT molecular complexity index is 882. The van der Waals surface area contributed by atoms with Crippen molar-refractivity contribution in [1.29, 1.82) is 0 Å². The minimum absolute atomic E-state index is 0.0660. The molecule has 0 bridgehead atoms. The number of ether oxygens (including phenoxy) is 2. The average Bonchev–Trinajstić information content (AvgIpc) is 2.66. The maximum atomic E-state index is 13.3. The van der Waals surface area contributed by atoms with E-state index in [1.165, 1.54) is 24.3 Å². The molecule has 1 aliphatic rings. The number of carbonyl (C=O) groups excluding carboxylic acids is 1. The van der Waals surface area contributed by atoms with Gasteiger partial charge >= 0.3 is 6.18 Å². The number of hydrogen-bond donors (Lipinski definition) is 1. The van der Waals surface area contributed by atoms with E-state index < -0.39 is 17.7 Å². The molecule has 0 spiro atoms. The predicted octanol–water partition coefficient (Wildman–Crippen LogP) is 4.42. The molecular formula is C20H17ClF3NO3. The van der Waals surface area contributed by atoms with Gasteiger partial charge in [-0.3, -0.25) is 4.79 Å². The highest BCUT2D eigenvalue weighted by Gasteiger charge is 2.35. The molecule has 2 aromatic rings. The quantitative estimate of drug-likeness (QED) is 0.741. The van der Waals surface area contributed by atoms with Gasteiger partial charge in [0.25, 0.3) is 0 Å². The largest absolute Gasteiger partial charge is 0.486 e. The summed E-state index contributed by atoms with van der Waals surface area (Å²) in [5.74, 6) is 0.171. The summed E-state index contributed by atoms with van der Waals surface area (Å²) in [5, 5.41) is 2.86. The number of allylic oxidation sites excluding steroid dienone is 1. The fourth-order valence-electron chi connectivity index (χ4n) is 2.77. The zero-order chi connectivity index (χ0) is 20.1. The van der Waals surface area contributed by atoms with Crippen molar-refractivity contribution in [3.8, 4) is 11.5 Å². The topological polar surface area (TPSA) is 47.6 Å². The second-order valence-corrected chi connectivity index (χ2v) is 6.47. The fraction of sp³-hybridized carbons (Fsp3) is 0.250. The monoisotopic (exact) mass is 411 g/mol. The zero-order valence-corrected chi connectivity index (χ0v) is 15.4. The SMILES string of the molecule is O=C(/C=C(\c1ccccc1)C(F)(F)F)NCCc1cc(Cl)c2c(c1)OCCO2. The zero-order valence-electron chi connectivity index (χ0n) is 14.7. The summed E-state index contributed by atoms with van der Waals surface area (Å²) in [6.45, 7) is 0.969. The van der Waals surface area contributed by atoms with E-state index in [-0.39, 0.29) is 12.1 Å². The third kappa shape index (κ3) is 4.98. The van der Waals surface area contributed by atoms with Gasteiger partial charge in [0, 0.05) is 12.6 Å². The lowest BCUT2D eigenvalue weighted by Crippen LogP contribution is -2.25. The van der Waals surface area contributed by atoms with Gasteiger partial charge in [-0.1, -0.05) is 41.9 Å². The first-order chi connectivity index (χ1) is 13.3. The van der Waals surface area contributed by atoms with Gasteiger partial charge in [-0.25, -0.2) is 0 Å². The number of fused-ring (bicyclic) bond motifs is 1. The first-order valence-electron chi connectivity index (χ1n) is 8.55. The third-order valence-electron chi connectivity index (χ3n) is 4.04. The van der Waals surface area contributed by atoms with Crippen molar-refractivity contribution in [3.05, 3.63) is 64.7 Å². The molecule has 0 saturated heterocycles. The normalized spacial score (nSPS) is 13.9. The van der Waals surface area contributed by atoms with Crippen LogP contribution in [0, 0.1) is 0 Å². The van der Waals surface area contributed by atoms with Gasteiger partial charge in [0.05, 0.1) is 10.6 Å². The van der Waals surface area contributed by atoms with Crippen LogP contribution in [-0.2, 0) is 11.2 Å². The third-order valence-corrected chi connectivity index (χ3v) is 4.32. The lowest BCUT2D eigenvalue weighted by atomic mass is 10.1. The van der Waals surface area contributed by atoms with Crippen LogP contribution >= 0.6 is 11.6 Å². The van der Waals surface area contributed by atoms with Crippen LogP contribution in [-0.4, -0.2) is 31.8 Å². The molecule has 1 N–H and O–H groups in total. The summed E-state index contributed by atoms with van der Waals surface area (Å²) < 4.78 is 50.7. The summed E-state index contributed by atoms with van der Waals surface area (Å²) >= 11 is 6.15. The molecule has 1 aliphatic heterocycles. The van der Waals surface area contributed by atoms with E-state index in [9.17, 15) is 18.0 Å². The highest BCUT2D eigenvalue weighted by Crippen LogP contribution is 2.38. The van der Waals surface area contributed by atoms with Crippen molar-refractivity contribution in [2.45, 2.75) is 12.6 Å². The van der Waals surface area contributed by atoms with Crippen LogP contribution in [0.5, 0.6) is 11.5 Å². The predicted molar refractivity (Wildman–Crippen MR) is 99.6 cm³/mol. The Morgan fingerprint density at radius 1 is 1.14 bits per heavy atom. The van der Waals surface area contributed by atoms with Gasteiger partial charge in [-0.15, -0.1) is 0 Å². The van der Waals surface area contributed by atoms with E-state index in [0.29, 0.717) is 42.2 Å². The lowest BCUT2D eigenvalue weighted by Gasteiger charge is -2.20. The maximum Gasteiger partial charge on any atom is 0.417 e. The molecule has 0 aromatic heterocycles. The van der Waals surface area contributed by atoms with Crippen molar-refractivity contribution in [2.24, 2.45) is 0 Å². The Hall–Kier alpha value is -2.67. The highest BCUT2D eigenvalue weighted by molar-refractivity contribution is 6.32. The molecule has 1 amide bonds. The molecule has 3 rings (SSSR count). The van der Waals surface area contributed by atoms with Crippen LogP contribution in [0.1, 0.15) is 11.1 Å². The average molecular weight is 412 g/mol. The molecular weight excluding hydrogens is 395 g/mol. The van der Waals surface area contributed by atoms with E-state index >= 15 is 0 Å². The highest BCUT2D eigenvalue weighted by atomic mass is 35.5. The van der Waals surface area contributed by atoms with Crippen molar-refractivity contribution in [1.82, 2.24) is 5.32 Å². The first kappa shape index (κ1) is 20.1. The summed E-state index contributed by atoms with van der Waals surface area (Å²) in [6.07, 6.45) is -3.68. The van der Waals surface area contributed by atoms with Gasteiger partial charge in [-0.2, -0.15) is 13.2 Å². The van der Waals surface area contributed by atoms with E-state index in [0.717, 1.165) is 5.56 Å². The molecule has 0 unspecified atom stereocenters. The number of amides is 1. The van der Waals surface area contributed by atoms with Crippen molar-refractivity contribution in [2.75, 3.05) is 19.8 Å². The Kier molecular flexibility index (Phi) is 6.14. The number of alkyl halides is 3. The molecule has 28 heavy (non-hydrogen) atoms. The van der Waals surface area contributed by atoms with E-state index in [2.05, 4.69) is 5.32 Å². The lowest BCUT2D eigenvalue weighted by molar-refractivity contribution is -0.116. The molecule has 0 atom stereocenters. The van der Waals surface area contributed by atoms with E-state index in [1.54, 1.807) is 18.2 Å². The Labute approximate surface area is 164 Å². The van der Waals surface area contributed by atoms with Crippen LogP contribution < -0.4 is 14.8 Å². The van der Waals surface area contributed by atoms with Crippen LogP contribution in [0.15, 0.2) is 48.5 Å². The molecule has 1 heterocycles. The number of halogens is 4. The molecule has 4 nitrogen and oxygen atoms in total. The standard InChI is InChI=1S/C20H17ClF3NO3/c21-16-10-13(11-17-19(16)28-9-8-27-17)6-7-25-18(26)12-15(20(22,23)24)14-4-2-1-3-5-14/h1-5,10-12H,6-9H2,(H,25,26)/b15-12+. The second kappa shape index (κ2) is 8.56. The molecule has 148 valence electrons. The van der Waals surface area contributed by atoms with Gasteiger partial charge in [-0.05, 0) is 29.7 Å². The smallest absolute Gasteiger partial charge is 0.417 e. The minimum atomic E-state index is -4.64. The molecule has 0 fully saturated rings. The Balaban J connectivity index is 1.65. The van der Waals surface area contributed by atoms with Crippen LogP contribution in [0.25, 0.3) is 5.57 Å².